The van der Waals surface area contributed by atoms with Gasteiger partial charge in [0.25, 0.3) is 0 Å². The van der Waals surface area contributed by atoms with Crippen molar-refractivity contribution >= 4 is 13.3 Å². The minimum Gasteiger partial charge on any atom is -0.380 e. The van der Waals surface area contributed by atoms with E-state index in [1.807, 2.05) is 0 Å². The highest BCUT2D eigenvalue weighted by atomic mass is 28.3. The highest BCUT2D eigenvalue weighted by Crippen LogP contribution is 2.14. The van der Waals surface area contributed by atoms with E-state index in [4.69, 9.17) is 0 Å². The van der Waals surface area contributed by atoms with E-state index in [-0.39, 0.29) is 0 Å². The van der Waals surface area contributed by atoms with Crippen LogP contribution in [0, 0.1) is 11.8 Å². The van der Waals surface area contributed by atoms with Crippen LogP contribution in [0.3, 0.4) is 0 Å². The van der Waals surface area contributed by atoms with Crippen molar-refractivity contribution in [2.45, 2.75) is 96.4 Å². The quantitative estimate of drug-likeness (QED) is 0.281. The molecule has 0 amide bonds. The second kappa shape index (κ2) is 13.2. The molecule has 0 bridgehead atoms. The van der Waals surface area contributed by atoms with Crippen LogP contribution in [0.4, 0.5) is 0 Å². The highest BCUT2D eigenvalue weighted by molar-refractivity contribution is 6.89. The molecule has 0 aliphatic carbocycles. The first-order chi connectivity index (χ1) is 12.1. The molecule has 0 heterocycles. The van der Waals surface area contributed by atoms with Crippen molar-refractivity contribution in [3.05, 3.63) is 30.3 Å². The van der Waals surface area contributed by atoms with Gasteiger partial charge in [-0.25, -0.2) is 0 Å². The third-order valence-electron chi connectivity index (χ3n) is 5.02. The fraction of sp³-hybridized carbons (Fsp3) is 0.652. The maximum atomic E-state index is 10.1. The number of aliphatic hydroxyl groups excluding tert-OH is 1. The number of aliphatic hydroxyl groups is 1. The zero-order chi connectivity index (χ0) is 18.4. The maximum absolute atomic E-state index is 10.1. The third kappa shape index (κ3) is 10.5. The molecule has 140 valence electrons. The summed E-state index contributed by atoms with van der Waals surface area (Å²) in [7, 11) is -1.45. The lowest BCUT2D eigenvalue weighted by Crippen LogP contribution is -2.41. The van der Waals surface area contributed by atoms with Gasteiger partial charge in [0.15, 0.2) is 0 Å². The van der Waals surface area contributed by atoms with Crippen LogP contribution in [0.25, 0.3) is 0 Å². The van der Waals surface area contributed by atoms with Gasteiger partial charge >= 0.3 is 0 Å². The van der Waals surface area contributed by atoms with Gasteiger partial charge in [0.2, 0.25) is 0 Å². The van der Waals surface area contributed by atoms with E-state index < -0.39 is 14.2 Å². The van der Waals surface area contributed by atoms with Crippen LogP contribution < -0.4 is 5.19 Å². The first-order valence-corrected chi connectivity index (χ1v) is 13.5. The summed E-state index contributed by atoms with van der Waals surface area (Å²) in [6, 6.07) is 11.8. The average molecular weight is 359 g/mol. The molecule has 1 aromatic rings. The SMILES string of the molecule is CCCCCCCCCCC#CC(O)CC[Si](C)(C)c1ccccc1. The molecule has 1 aromatic carbocycles. The second-order valence-corrected chi connectivity index (χ2v) is 12.7. The van der Waals surface area contributed by atoms with Gasteiger partial charge in [0.1, 0.15) is 6.10 Å². The van der Waals surface area contributed by atoms with Crippen LogP contribution >= 0.6 is 0 Å². The molecule has 1 N–H and O–H groups in total. The van der Waals surface area contributed by atoms with E-state index in [9.17, 15) is 5.11 Å². The summed E-state index contributed by atoms with van der Waals surface area (Å²) in [6.45, 7) is 7.02. The lowest BCUT2D eigenvalue weighted by Gasteiger charge is -2.23. The number of benzene rings is 1. The Balaban J connectivity index is 2.12. The first kappa shape index (κ1) is 22.0. The van der Waals surface area contributed by atoms with Crippen LogP contribution in [0.2, 0.25) is 19.1 Å². The Kier molecular flexibility index (Phi) is 11.6. The van der Waals surface area contributed by atoms with Crippen LogP contribution in [0.5, 0.6) is 0 Å². The molecule has 1 atom stereocenters. The van der Waals surface area contributed by atoms with E-state index in [1.165, 1.54) is 56.6 Å². The minimum absolute atomic E-state index is 0.454. The Bertz CT molecular complexity index is 498. The van der Waals surface area contributed by atoms with Gasteiger partial charge in [-0.15, -0.1) is 5.92 Å². The number of unbranched alkanes of at least 4 members (excludes halogenated alkanes) is 8. The number of hydrogen-bond donors (Lipinski definition) is 1. The zero-order valence-corrected chi connectivity index (χ0v) is 17.7. The van der Waals surface area contributed by atoms with Gasteiger partial charge in [-0.05, 0) is 12.8 Å². The summed E-state index contributed by atoms with van der Waals surface area (Å²) in [5, 5.41) is 11.6. The summed E-state index contributed by atoms with van der Waals surface area (Å²) in [5.41, 5.74) is 0. The molecule has 0 saturated heterocycles. The molecule has 1 nitrogen and oxygen atoms in total. The Morgan fingerprint density at radius 1 is 0.920 bits per heavy atom. The summed E-state index contributed by atoms with van der Waals surface area (Å²) in [6.07, 6.45) is 11.9. The van der Waals surface area contributed by atoms with Gasteiger partial charge in [-0.3, -0.25) is 0 Å². The molecule has 1 unspecified atom stereocenters. The van der Waals surface area contributed by atoms with Crippen molar-refractivity contribution in [1.82, 2.24) is 0 Å². The van der Waals surface area contributed by atoms with Gasteiger partial charge in [-0.2, -0.15) is 0 Å². The lowest BCUT2D eigenvalue weighted by molar-refractivity contribution is 0.228. The van der Waals surface area contributed by atoms with Gasteiger partial charge < -0.3 is 5.11 Å². The van der Waals surface area contributed by atoms with E-state index in [2.05, 4.69) is 62.2 Å². The maximum Gasteiger partial charge on any atom is 0.114 e. The molecule has 0 radical (unpaired) electrons. The summed E-state index contributed by atoms with van der Waals surface area (Å²) in [5.74, 6) is 6.24. The van der Waals surface area contributed by atoms with E-state index in [0.717, 1.165) is 18.9 Å². The van der Waals surface area contributed by atoms with Crippen LogP contribution in [-0.4, -0.2) is 19.3 Å². The molecule has 0 fully saturated rings. The molecule has 0 aliphatic rings. The van der Waals surface area contributed by atoms with Gasteiger partial charge in [0.05, 0.1) is 8.07 Å². The molecule has 1 rings (SSSR count). The highest BCUT2D eigenvalue weighted by Gasteiger charge is 2.23. The Morgan fingerprint density at radius 3 is 2.16 bits per heavy atom. The largest absolute Gasteiger partial charge is 0.380 e. The molecular formula is C23H38OSi. The molecule has 25 heavy (non-hydrogen) atoms. The Hall–Kier alpha value is -1.04. The molecule has 0 spiro atoms. The molecule has 0 saturated carbocycles. The predicted octanol–water partition coefficient (Wildman–Crippen LogP) is 5.89. The van der Waals surface area contributed by atoms with E-state index in [0.29, 0.717) is 0 Å². The average Bonchev–Trinajstić information content (AvgIpc) is 2.62. The summed E-state index contributed by atoms with van der Waals surface area (Å²) in [4.78, 5) is 0. The zero-order valence-electron chi connectivity index (χ0n) is 16.7. The van der Waals surface area contributed by atoms with Crippen molar-refractivity contribution in [3.63, 3.8) is 0 Å². The Labute approximate surface area is 157 Å². The standard InChI is InChI=1S/C23H38OSi/c1-4-5-6-7-8-9-10-11-12-14-17-22(24)20-21-25(2,3)23-18-15-13-16-19-23/h13,15-16,18-19,22,24H,4-12,20-21H2,1-3H3. The topological polar surface area (TPSA) is 20.2 Å². The fourth-order valence-corrected chi connectivity index (χ4v) is 5.52. The predicted molar refractivity (Wildman–Crippen MR) is 114 cm³/mol. The van der Waals surface area contributed by atoms with Gasteiger partial charge in [-0.1, -0.05) is 112 Å². The summed E-state index contributed by atoms with van der Waals surface area (Å²) >= 11 is 0. The smallest absolute Gasteiger partial charge is 0.114 e. The minimum atomic E-state index is -1.45. The number of rotatable bonds is 12. The van der Waals surface area contributed by atoms with Crippen LogP contribution in [0.15, 0.2) is 30.3 Å². The Morgan fingerprint density at radius 2 is 1.52 bits per heavy atom. The molecule has 0 aliphatic heterocycles. The van der Waals surface area contributed by atoms with Crippen molar-refractivity contribution in [2.75, 3.05) is 0 Å². The van der Waals surface area contributed by atoms with Crippen LogP contribution in [-0.2, 0) is 0 Å². The second-order valence-electron chi connectivity index (χ2n) is 7.85. The van der Waals surface area contributed by atoms with Crippen molar-refractivity contribution < 1.29 is 5.11 Å². The number of hydrogen-bond acceptors (Lipinski definition) is 1. The monoisotopic (exact) mass is 358 g/mol. The molecule has 2 heteroatoms. The first-order valence-electron chi connectivity index (χ1n) is 10.3. The molecule has 0 aromatic heterocycles. The van der Waals surface area contributed by atoms with Gasteiger partial charge in [0, 0.05) is 6.42 Å². The lowest BCUT2D eigenvalue weighted by atomic mass is 10.1. The third-order valence-corrected chi connectivity index (χ3v) is 8.46. The van der Waals surface area contributed by atoms with Crippen molar-refractivity contribution in [3.8, 4) is 11.8 Å². The molecular weight excluding hydrogens is 320 g/mol. The fourth-order valence-electron chi connectivity index (χ4n) is 3.14. The van der Waals surface area contributed by atoms with E-state index >= 15 is 0 Å². The van der Waals surface area contributed by atoms with E-state index in [1.54, 1.807) is 0 Å². The normalized spacial score (nSPS) is 12.5. The van der Waals surface area contributed by atoms with Crippen molar-refractivity contribution in [2.24, 2.45) is 0 Å². The van der Waals surface area contributed by atoms with Crippen LogP contribution in [0.1, 0.15) is 71.1 Å². The van der Waals surface area contributed by atoms with Crippen molar-refractivity contribution in [1.29, 1.82) is 0 Å². The summed E-state index contributed by atoms with van der Waals surface area (Å²) < 4.78 is 0.